The fourth-order valence-electron chi connectivity index (χ4n) is 4.14. The molecule has 2 fully saturated rings. The summed E-state index contributed by atoms with van der Waals surface area (Å²) < 4.78 is 0. The molecule has 0 radical (unpaired) electrons. The average molecular weight is 267 g/mol. The number of carbonyl (C=O) groups excluding carboxylic acids is 1. The van der Waals surface area contributed by atoms with Crippen molar-refractivity contribution in [2.45, 2.75) is 64.3 Å². The van der Waals surface area contributed by atoms with Crippen molar-refractivity contribution in [1.82, 2.24) is 4.90 Å². The van der Waals surface area contributed by atoms with E-state index in [0.29, 0.717) is 12.0 Å². The number of aliphatic hydroxyl groups is 1. The van der Waals surface area contributed by atoms with Crippen molar-refractivity contribution in [3.8, 4) is 0 Å². The van der Waals surface area contributed by atoms with Gasteiger partial charge in [-0.3, -0.25) is 4.90 Å². The highest BCUT2D eigenvalue weighted by Crippen LogP contribution is 2.39. The number of rotatable bonds is 5. The topological polar surface area (TPSA) is 40.5 Å². The first kappa shape index (κ1) is 15.0. The Hall–Kier alpha value is -0.410. The van der Waals surface area contributed by atoms with Crippen molar-refractivity contribution in [3.63, 3.8) is 0 Å². The van der Waals surface area contributed by atoms with Gasteiger partial charge in [0.15, 0.2) is 0 Å². The molecule has 0 bridgehead atoms. The van der Waals surface area contributed by atoms with E-state index in [1.54, 1.807) is 0 Å². The summed E-state index contributed by atoms with van der Waals surface area (Å²) in [6.45, 7) is 4.57. The Morgan fingerprint density at radius 3 is 2.84 bits per heavy atom. The molecule has 2 rings (SSSR count). The van der Waals surface area contributed by atoms with Crippen LogP contribution in [-0.2, 0) is 4.79 Å². The second kappa shape index (κ2) is 6.85. The molecule has 3 atom stereocenters. The number of hydrogen-bond donors (Lipinski definition) is 1. The Balaban J connectivity index is 2.01. The minimum absolute atomic E-state index is 0.108. The first-order chi connectivity index (χ1) is 9.19. The monoisotopic (exact) mass is 267 g/mol. The van der Waals surface area contributed by atoms with Gasteiger partial charge >= 0.3 is 0 Å². The average Bonchev–Trinajstić information content (AvgIpc) is 2.41. The third-order valence-corrected chi connectivity index (χ3v) is 5.11. The summed E-state index contributed by atoms with van der Waals surface area (Å²) in [6.07, 6.45) is 10.4. The number of piperidine rings is 1. The number of hydrogen-bond acceptors (Lipinski definition) is 3. The van der Waals surface area contributed by atoms with Crippen molar-refractivity contribution in [2.75, 3.05) is 19.7 Å². The van der Waals surface area contributed by atoms with Gasteiger partial charge < -0.3 is 9.90 Å². The summed E-state index contributed by atoms with van der Waals surface area (Å²) in [6, 6.07) is 0.493. The van der Waals surface area contributed by atoms with Crippen LogP contribution in [0.15, 0.2) is 0 Å². The third kappa shape index (κ3) is 3.79. The number of aliphatic hydroxyl groups excluding tert-OH is 1. The molecule has 19 heavy (non-hydrogen) atoms. The van der Waals surface area contributed by atoms with E-state index in [1.165, 1.54) is 38.4 Å². The lowest BCUT2D eigenvalue weighted by Gasteiger charge is -2.44. The van der Waals surface area contributed by atoms with Crippen LogP contribution in [0, 0.1) is 11.3 Å². The van der Waals surface area contributed by atoms with E-state index in [9.17, 15) is 9.90 Å². The first-order valence-corrected chi connectivity index (χ1v) is 8.00. The molecule has 0 aromatic rings. The van der Waals surface area contributed by atoms with Gasteiger partial charge in [-0.2, -0.15) is 0 Å². The predicted octanol–water partition coefficient (Wildman–Crippen LogP) is 2.62. The molecule has 0 aromatic heterocycles. The van der Waals surface area contributed by atoms with Gasteiger partial charge in [0.1, 0.15) is 6.29 Å². The van der Waals surface area contributed by atoms with E-state index in [4.69, 9.17) is 0 Å². The van der Waals surface area contributed by atoms with Crippen LogP contribution in [0.5, 0.6) is 0 Å². The molecule has 0 aromatic carbocycles. The largest absolute Gasteiger partial charge is 0.396 e. The molecule has 1 saturated heterocycles. The summed E-state index contributed by atoms with van der Waals surface area (Å²) >= 11 is 0. The van der Waals surface area contributed by atoms with Crippen molar-refractivity contribution in [3.05, 3.63) is 0 Å². The van der Waals surface area contributed by atoms with Crippen molar-refractivity contribution in [2.24, 2.45) is 11.3 Å². The molecular formula is C16H29NO2. The summed E-state index contributed by atoms with van der Waals surface area (Å²) in [5, 5.41) is 9.21. The van der Waals surface area contributed by atoms with Gasteiger partial charge in [-0.15, -0.1) is 0 Å². The molecule has 3 unspecified atom stereocenters. The number of nitrogens with zero attached hydrogens (tertiary/aromatic N) is 1. The second-order valence-corrected chi connectivity index (χ2v) is 6.81. The van der Waals surface area contributed by atoms with E-state index in [-0.39, 0.29) is 12.0 Å². The lowest BCUT2D eigenvalue weighted by atomic mass is 9.70. The molecule has 3 nitrogen and oxygen atoms in total. The van der Waals surface area contributed by atoms with Crippen LogP contribution in [0.4, 0.5) is 0 Å². The van der Waals surface area contributed by atoms with Gasteiger partial charge in [-0.1, -0.05) is 26.2 Å². The van der Waals surface area contributed by atoms with Crippen LogP contribution in [0.2, 0.25) is 0 Å². The van der Waals surface area contributed by atoms with Gasteiger partial charge in [0.2, 0.25) is 0 Å². The van der Waals surface area contributed by atoms with Gasteiger partial charge in [0, 0.05) is 24.6 Å². The van der Waals surface area contributed by atoms with Gasteiger partial charge in [-0.05, 0) is 44.6 Å². The maximum Gasteiger partial charge on any atom is 0.127 e. The molecule has 2 aliphatic rings. The maximum absolute atomic E-state index is 11.7. The van der Waals surface area contributed by atoms with E-state index in [1.807, 2.05) is 0 Å². The minimum atomic E-state index is -0.108. The number of carbonyl (C=O) groups is 1. The minimum Gasteiger partial charge on any atom is -0.396 e. The van der Waals surface area contributed by atoms with Crippen molar-refractivity contribution < 1.29 is 9.90 Å². The fraction of sp³-hybridized carbons (Fsp3) is 0.938. The van der Waals surface area contributed by atoms with Crippen LogP contribution in [0.25, 0.3) is 0 Å². The van der Waals surface area contributed by atoms with Gasteiger partial charge in [0.25, 0.3) is 0 Å². The Labute approximate surface area is 117 Å². The summed E-state index contributed by atoms with van der Waals surface area (Å²) in [5.74, 6) is 0.681. The van der Waals surface area contributed by atoms with E-state index < -0.39 is 0 Å². The first-order valence-electron chi connectivity index (χ1n) is 8.00. The SMILES string of the molecule is CC1CCCC(C=O)(CN2CCCCC2CCO)C1. The van der Waals surface area contributed by atoms with Gasteiger partial charge in [-0.25, -0.2) is 0 Å². The standard InChI is InChI=1S/C16H29NO2/c1-14-5-4-8-16(11-14,13-19)12-17-9-3-2-6-15(17)7-10-18/h13-15,18H,2-12H2,1H3. The Kier molecular flexibility index (Phi) is 5.40. The zero-order valence-electron chi connectivity index (χ0n) is 12.3. The van der Waals surface area contributed by atoms with Crippen LogP contribution in [0.3, 0.4) is 0 Å². The van der Waals surface area contributed by atoms with E-state index in [2.05, 4.69) is 11.8 Å². The van der Waals surface area contributed by atoms with Crippen LogP contribution >= 0.6 is 0 Å². The molecule has 0 amide bonds. The third-order valence-electron chi connectivity index (χ3n) is 5.11. The highest BCUT2D eigenvalue weighted by molar-refractivity contribution is 5.60. The van der Waals surface area contributed by atoms with Crippen molar-refractivity contribution in [1.29, 1.82) is 0 Å². The van der Waals surface area contributed by atoms with Crippen LogP contribution < -0.4 is 0 Å². The van der Waals surface area contributed by atoms with Crippen molar-refractivity contribution >= 4 is 6.29 Å². The summed E-state index contributed by atoms with van der Waals surface area (Å²) in [4.78, 5) is 14.2. The molecule has 1 N–H and O–H groups in total. The fourth-order valence-corrected chi connectivity index (χ4v) is 4.14. The molecule has 110 valence electrons. The van der Waals surface area contributed by atoms with Crippen LogP contribution in [-0.4, -0.2) is 42.0 Å². The molecule has 1 aliphatic carbocycles. The zero-order chi connectivity index (χ0) is 13.7. The van der Waals surface area contributed by atoms with Crippen LogP contribution in [0.1, 0.15) is 58.3 Å². The normalized spacial score (nSPS) is 37.2. The molecule has 0 spiro atoms. The zero-order valence-corrected chi connectivity index (χ0v) is 12.3. The highest BCUT2D eigenvalue weighted by atomic mass is 16.3. The molecular weight excluding hydrogens is 238 g/mol. The summed E-state index contributed by atoms with van der Waals surface area (Å²) in [7, 11) is 0. The number of likely N-dealkylation sites (tertiary alicyclic amines) is 1. The quantitative estimate of drug-likeness (QED) is 0.778. The highest BCUT2D eigenvalue weighted by Gasteiger charge is 2.38. The molecule has 1 aliphatic heterocycles. The lowest BCUT2D eigenvalue weighted by molar-refractivity contribution is -0.120. The Morgan fingerprint density at radius 1 is 1.32 bits per heavy atom. The van der Waals surface area contributed by atoms with E-state index >= 15 is 0 Å². The second-order valence-electron chi connectivity index (χ2n) is 6.81. The maximum atomic E-state index is 11.7. The van der Waals surface area contributed by atoms with Gasteiger partial charge in [0.05, 0.1) is 0 Å². The molecule has 1 heterocycles. The van der Waals surface area contributed by atoms with E-state index in [0.717, 1.165) is 32.4 Å². The Bertz CT molecular complexity index is 292. The Morgan fingerprint density at radius 2 is 2.16 bits per heavy atom. The number of aldehydes is 1. The molecule has 1 saturated carbocycles. The molecule has 3 heteroatoms. The predicted molar refractivity (Wildman–Crippen MR) is 77.0 cm³/mol. The smallest absolute Gasteiger partial charge is 0.127 e. The summed E-state index contributed by atoms with van der Waals surface area (Å²) in [5.41, 5.74) is -0.108. The lowest BCUT2D eigenvalue weighted by Crippen LogP contribution is -2.48.